The molecule has 1 aromatic carbocycles. The van der Waals surface area contributed by atoms with Gasteiger partial charge in [0, 0.05) is 22.9 Å². The molecule has 2 bridgehead atoms. The maximum Gasteiger partial charge on any atom is 0.310 e. The van der Waals surface area contributed by atoms with Gasteiger partial charge in [-0.15, -0.1) is 11.8 Å². The van der Waals surface area contributed by atoms with Gasteiger partial charge in [0.05, 0.1) is 22.0 Å². The first kappa shape index (κ1) is 14.5. The molecule has 7 nitrogen and oxygen atoms in total. The first-order chi connectivity index (χ1) is 11.0. The van der Waals surface area contributed by atoms with Crippen molar-refractivity contribution in [3.8, 4) is 0 Å². The van der Waals surface area contributed by atoms with Crippen LogP contribution < -0.4 is 0 Å². The van der Waals surface area contributed by atoms with Gasteiger partial charge in [-0.25, -0.2) is 0 Å². The van der Waals surface area contributed by atoms with Gasteiger partial charge in [-0.2, -0.15) is 0 Å². The quantitative estimate of drug-likeness (QED) is 0.509. The molecule has 1 saturated heterocycles. The highest BCUT2D eigenvalue weighted by Gasteiger charge is 2.68. The normalized spacial score (nSPS) is 37.0. The Morgan fingerprint density at radius 1 is 1.30 bits per heavy atom. The third kappa shape index (κ3) is 2.04. The number of carboxylic acid groups (broad SMARTS) is 1. The van der Waals surface area contributed by atoms with Gasteiger partial charge in [-0.05, 0) is 24.5 Å². The number of hydrogen-bond donors (Lipinski definition) is 1. The van der Waals surface area contributed by atoms with Crippen molar-refractivity contribution in [2.75, 3.05) is 0 Å². The fourth-order valence-electron chi connectivity index (χ4n) is 4.29. The summed E-state index contributed by atoms with van der Waals surface area (Å²) >= 11 is 1.45. The van der Waals surface area contributed by atoms with E-state index < -0.39 is 22.7 Å². The number of carboxylic acids is 1. The molecule has 23 heavy (non-hydrogen) atoms. The number of fused-ring (bicyclic) bond motifs is 1. The van der Waals surface area contributed by atoms with E-state index in [1.54, 1.807) is 12.1 Å². The lowest BCUT2D eigenvalue weighted by Crippen LogP contribution is -2.39. The van der Waals surface area contributed by atoms with E-state index in [-0.39, 0.29) is 34.8 Å². The van der Waals surface area contributed by atoms with Crippen LogP contribution in [0.3, 0.4) is 0 Å². The van der Waals surface area contributed by atoms with Gasteiger partial charge in [0.15, 0.2) is 0 Å². The average Bonchev–Trinajstić information content (AvgIpc) is 3.11. The average molecular weight is 335 g/mol. The maximum absolute atomic E-state index is 12.0. The number of esters is 1. The van der Waals surface area contributed by atoms with Crippen LogP contribution in [0.1, 0.15) is 6.42 Å². The van der Waals surface area contributed by atoms with E-state index in [0.29, 0.717) is 6.42 Å². The number of hydrogen-bond acceptors (Lipinski definition) is 6. The van der Waals surface area contributed by atoms with Crippen LogP contribution in [0.25, 0.3) is 0 Å². The number of carbonyl (C=O) groups excluding carboxylic acids is 1. The van der Waals surface area contributed by atoms with Gasteiger partial charge < -0.3 is 9.84 Å². The van der Waals surface area contributed by atoms with Crippen LogP contribution in [0.2, 0.25) is 0 Å². The van der Waals surface area contributed by atoms with Crippen LogP contribution in [0, 0.1) is 33.8 Å². The zero-order chi connectivity index (χ0) is 16.3. The summed E-state index contributed by atoms with van der Waals surface area (Å²) in [5.74, 6) is -2.61. The lowest BCUT2D eigenvalue weighted by molar-refractivity contribution is -0.384. The minimum Gasteiger partial charge on any atom is -0.481 e. The number of nitro groups is 1. The van der Waals surface area contributed by atoms with E-state index in [1.807, 2.05) is 0 Å². The Kier molecular flexibility index (Phi) is 3.12. The molecule has 8 heteroatoms. The van der Waals surface area contributed by atoms with Gasteiger partial charge in [0.1, 0.15) is 6.10 Å². The fraction of sp³-hybridized carbons (Fsp3) is 0.467. The number of carbonyl (C=O) groups is 2. The minimum atomic E-state index is -0.936. The number of thioether (sulfide) groups is 1. The molecule has 1 N–H and O–H groups in total. The molecule has 0 spiro atoms. The largest absolute Gasteiger partial charge is 0.481 e. The third-order valence-corrected chi connectivity index (χ3v) is 6.59. The van der Waals surface area contributed by atoms with Crippen LogP contribution in [-0.4, -0.2) is 33.3 Å². The number of rotatable bonds is 4. The molecule has 4 rings (SSSR count). The standard InChI is InChI=1S/C15H13NO6S/c17-14(18)10-9-5-8-11(10)15(19)22-12(8)13(9)23-7-3-1-6(2-4-7)16(20)21/h1-4,8-13H,5H2,(H,17,18)/t8-,9+,10-,11-,12+,13-/m0/s1. The fourth-order valence-corrected chi connectivity index (χ4v) is 5.74. The summed E-state index contributed by atoms with van der Waals surface area (Å²) < 4.78 is 5.44. The smallest absolute Gasteiger partial charge is 0.310 e. The molecule has 2 saturated carbocycles. The van der Waals surface area contributed by atoms with Gasteiger partial charge in [-0.1, -0.05) is 0 Å². The van der Waals surface area contributed by atoms with E-state index in [1.165, 1.54) is 23.9 Å². The predicted molar refractivity (Wildman–Crippen MR) is 78.8 cm³/mol. The van der Waals surface area contributed by atoms with Crippen LogP contribution in [0.5, 0.6) is 0 Å². The summed E-state index contributed by atoms with van der Waals surface area (Å²) in [6, 6.07) is 6.15. The summed E-state index contributed by atoms with van der Waals surface area (Å²) in [7, 11) is 0. The second kappa shape index (κ2) is 4.95. The lowest BCUT2D eigenvalue weighted by Gasteiger charge is -2.29. The molecule has 2 aliphatic carbocycles. The van der Waals surface area contributed by atoms with E-state index in [4.69, 9.17) is 4.74 Å². The Labute approximate surface area is 135 Å². The molecule has 1 aromatic rings. The van der Waals surface area contributed by atoms with Crippen molar-refractivity contribution < 1.29 is 24.4 Å². The Bertz CT molecular complexity index is 704. The van der Waals surface area contributed by atoms with Gasteiger partial charge >= 0.3 is 11.9 Å². The Balaban J connectivity index is 1.59. The molecule has 3 fully saturated rings. The minimum absolute atomic E-state index is 0.0100. The van der Waals surface area contributed by atoms with Crippen LogP contribution >= 0.6 is 11.8 Å². The van der Waals surface area contributed by atoms with Crippen LogP contribution in [0.15, 0.2) is 29.2 Å². The van der Waals surface area contributed by atoms with Crippen molar-refractivity contribution in [3.05, 3.63) is 34.4 Å². The van der Waals surface area contributed by atoms with Crippen molar-refractivity contribution >= 4 is 29.4 Å². The van der Waals surface area contributed by atoms with Gasteiger partial charge in [-0.3, -0.25) is 19.7 Å². The number of aliphatic carboxylic acids is 1. The summed E-state index contributed by atoms with van der Waals surface area (Å²) in [5.41, 5.74) is 0.0121. The molecule has 0 amide bonds. The Morgan fingerprint density at radius 3 is 2.61 bits per heavy atom. The van der Waals surface area contributed by atoms with E-state index in [0.717, 1.165) is 4.90 Å². The van der Waals surface area contributed by atoms with Gasteiger partial charge in [0.2, 0.25) is 0 Å². The van der Waals surface area contributed by atoms with Crippen LogP contribution in [0.4, 0.5) is 5.69 Å². The number of ether oxygens (including phenoxy) is 1. The molecule has 0 unspecified atom stereocenters. The molecule has 0 aromatic heterocycles. The molecule has 120 valence electrons. The first-order valence-corrected chi connectivity index (χ1v) is 8.20. The number of non-ortho nitro benzene ring substituents is 1. The summed E-state index contributed by atoms with van der Waals surface area (Å²) in [6.07, 6.45) is 0.455. The van der Waals surface area contributed by atoms with Crippen molar-refractivity contribution in [3.63, 3.8) is 0 Å². The highest BCUT2D eigenvalue weighted by molar-refractivity contribution is 8.00. The second-order valence-corrected chi connectivity index (χ2v) is 7.44. The van der Waals surface area contributed by atoms with Crippen molar-refractivity contribution in [1.29, 1.82) is 0 Å². The van der Waals surface area contributed by atoms with E-state index >= 15 is 0 Å². The predicted octanol–water partition coefficient (Wildman–Crippen LogP) is 1.95. The highest BCUT2D eigenvalue weighted by atomic mass is 32.2. The van der Waals surface area contributed by atoms with Crippen LogP contribution in [-0.2, 0) is 14.3 Å². The summed E-state index contributed by atoms with van der Waals surface area (Å²) in [6.45, 7) is 0. The molecule has 3 aliphatic rings. The molecule has 6 atom stereocenters. The highest BCUT2D eigenvalue weighted by Crippen LogP contribution is 2.61. The molecule has 1 heterocycles. The monoisotopic (exact) mass is 335 g/mol. The van der Waals surface area contributed by atoms with Gasteiger partial charge in [0.25, 0.3) is 5.69 Å². The number of benzene rings is 1. The topological polar surface area (TPSA) is 107 Å². The van der Waals surface area contributed by atoms with Crippen molar-refractivity contribution in [1.82, 2.24) is 0 Å². The number of nitrogens with zero attached hydrogens (tertiary/aromatic N) is 1. The summed E-state index contributed by atoms with van der Waals surface area (Å²) in [5, 5.41) is 20.1. The SMILES string of the molecule is O=C1O[C@@H]2[C@H]3C[C@@H]([C@@H]2Sc2ccc([N+](=O)[O-])cc2)[C@H](C(=O)O)[C@@H]13. The van der Waals surface area contributed by atoms with E-state index in [2.05, 4.69) is 0 Å². The Hall–Kier alpha value is -2.09. The van der Waals surface area contributed by atoms with Crippen molar-refractivity contribution in [2.24, 2.45) is 23.7 Å². The first-order valence-electron chi connectivity index (χ1n) is 7.32. The molecule has 1 aliphatic heterocycles. The zero-order valence-electron chi connectivity index (χ0n) is 11.8. The maximum atomic E-state index is 12.0. The second-order valence-electron chi connectivity index (χ2n) is 6.19. The lowest BCUT2D eigenvalue weighted by atomic mass is 9.80. The zero-order valence-corrected chi connectivity index (χ0v) is 12.6. The third-order valence-electron chi connectivity index (χ3n) is 5.15. The Morgan fingerprint density at radius 2 is 2.00 bits per heavy atom. The molecular weight excluding hydrogens is 322 g/mol. The summed E-state index contributed by atoms with van der Waals surface area (Å²) in [4.78, 5) is 34.6. The molecule has 0 radical (unpaired) electrons. The molecular formula is C15H13NO6S. The van der Waals surface area contributed by atoms with Crippen molar-refractivity contribution in [2.45, 2.75) is 22.7 Å². The van der Waals surface area contributed by atoms with E-state index in [9.17, 15) is 24.8 Å². The number of nitro benzene ring substituents is 1.